The first kappa shape index (κ1) is 18.3. The number of benzene rings is 2. The van der Waals surface area contributed by atoms with E-state index in [2.05, 4.69) is 5.32 Å². The topological polar surface area (TPSA) is 85.8 Å². The zero-order chi connectivity index (χ0) is 19.8. The van der Waals surface area contributed by atoms with Gasteiger partial charge in [-0.25, -0.2) is 9.97 Å². The van der Waals surface area contributed by atoms with Gasteiger partial charge in [0, 0.05) is 11.1 Å². The van der Waals surface area contributed by atoms with E-state index in [-0.39, 0.29) is 17.8 Å². The Balaban J connectivity index is 2.04. The van der Waals surface area contributed by atoms with Gasteiger partial charge in [0.15, 0.2) is 5.65 Å². The van der Waals surface area contributed by atoms with Gasteiger partial charge in [-0.15, -0.1) is 0 Å². The number of halogens is 1. The Morgan fingerprint density at radius 3 is 2.57 bits per heavy atom. The highest BCUT2D eigenvalue weighted by Crippen LogP contribution is 2.31. The van der Waals surface area contributed by atoms with E-state index in [0.717, 1.165) is 17.6 Å². The van der Waals surface area contributed by atoms with E-state index in [9.17, 15) is 4.79 Å². The molecule has 7 heteroatoms. The highest BCUT2D eigenvalue weighted by molar-refractivity contribution is 6.30. The first-order valence-electron chi connectivity index (χ1n) is 9.13. The molecule has 28 heavy (non-hydrogen) atoms. The average Bonchev–Trinajstić information content (AvgIpc) is 2.96. The first-order chi connectivity index (χ1) is 13.5. The van der Waals surface area contributed by atoms with Crippen molar-refractivity contribution in [3.05, 3.63) is 59.1 Å². The molecule has 4 rings (SSSR count). The average molecular weight is 394 g/mol. The summed E-state index contributed by atoms with van der Waals surface area (Å²) in [7, 11) is 0. The number of nitrogens with two attached hydrogens (primary N) is 1. The summed E-state index contributed by atoms with van der Waals surface area (Å²) in [4.78, 5) is 22.4. The Labute approximate surface area is 167 Å². The molecular formula is C21H20ClN5O. The van der Waals surface area contributed by atoms with Crippen LogP contribution in [0, 0.1) is 0 Å². The smallest absolute Gasteiger partial charge is 0.257 e. The molecular weight excluding hydrogens is 374 g/mol. The molecule has 2 aromatic heterocycles. The van der Waals surface area contributed by atoms with Crippen LogP contribution in [-0.2, 0) is 0 Å². The van der Waals surface area contributed by atoms with E-state index in [4.69, 9.17) is 27.3 Å². The van der Waals surface area contributed by atoms with Gasteiger partial charge in [0.25, 0.3) is 5.91 Å². The number of rotatable bonds is 4. The second-order valence-electron chi connectivity index (χ2n) is 6.74. The number of anilines is 1. The lowest BCUT2D eigenvalue weighted by Gasteiger charge is -2.11. The quantitative estimate of drug-likeness (QED) is 0.540. The minimum Gasteiger partial charge on any atom is -0.384 e. The van der Waals surface area contributed by atoms with Crippen molar-refractivity contribution in [2.24, 2.45) is 0 Å². The third-order valence-electron chi connectivity index (χ3n) is 4.78. The number of fused-ring (bicyclic) bond motifs is 2. The van der Waals surface area contributed by atoms with E-state index in [1.54, 1.807) is 16.7 Å². The van der Waals surface area contributed by atoms with Crippen LogP contribution in [0.1, 0.15) is 30.6 Å². The van der Waals surface area contributed by atoms with Crippen LogP contribution in [0.25, 0.3) is 27.9 Å². The maximum absolute atomic E-state index is 13.0. The molecule has 0 aliphatic carbocycles. The molecule has 0 fully saturated rings. The highest BCUT2D eigenvalue weighted by Gasteiger charge is 2.25. The van der Waals surface area contributed by atoms with Crippen LogP contribution in [0.3, 0.4) is 0 Å². The van der Waals surface area contributed by atoms with E-state index >= 15 is 0 Å². The third kappa shape index (κ3) is 3.05. The van der Waals surface area contributed by atoms with Crippen molar-refractivity contribution in [2.75, 3.05) is 5.73 Å². The zero-order valence-electron chi connectivity index (χ0n) is 15.6. The summed E-state index contributed by atoms with van der Waals surface area (Å²) in [6, 6.07) is 14.8. The standard InChI is InChI=1S/C21H20ClN5O/c1-3-12(2)24-21(28)17-18-20(26-16-10-5-4-9-15(16)25-18)27(19(17)23)14-8-6-7-13(22)11-14/h4-12H,3,23H2,1-2H3,(H,24,28)/t12-/m1/s1. The van der Waals surface area contributed by atoms with Crippen molar-refractivity contribution in [3.8, 4) is 5.69 Å². The molecule has 0 saturated heterocycles. The molecule has 0 spiro atoms. The van der Waals surface area contributed by atoms with Gasteiger partial charge < -0.3 is 11.1 Å². The molecule has 2 heterocycles. The van der Waals surface area contributed by atoms with Crippen molar-refractivity contribution in [3.63, 3.8) is 0 Å². The van der Waals surface area contributed by atoms with Crippen molar-refractivity contribution < 1.29 is 4.79 Å². The molecule has 4 aromatic rings. The number of aromatic nitrogens is 3. The molecule has 0 aliphatic rings. The number of carbonyl (C=O) groups is 1. The first-order valence-corrected chi connectivity index (χ1v) is 9.51. The monoisotopic (exact) mass is 393 g/mol. The van der Waals surface area contributed by atoms with Crippen molar-refractivity contribution in [1.29, 1.82) is 0 Å². The summed E-state index contributed by atoms with van der Waals surface area (Å²) >= 11 is 6.18. The van der Waals surface area contributed by atoms with Crippen molar-refractivity contribution in [2.45, 2.75) is 26.3 Å². The van der Waals surface area contributed by atoms with E-state index in [0.29, 0.717) is 27.3 Å². The van der Waals surface area contributed by atoms with Gasteiger partial charge in [0.05, 0.1) is 16.7 Å². The molecule has 0 unspecified atom stereocenters. The Morgan fingerprint density at radius 1 is 1.18 bits per heavy atom. The number of hydrogen-bond donors (Lipinski definition) is 2. The Hall–Kier alpha value is -3.12. The normalized spacial score (nSPS) is 12.4. The number of nitrogens with zero attached hydrogens (tertiary/aromatic N) is 3. The van der Waals surface area contributed by atoms with Gasteiger partial charge >= 0.3 is 0 Å². The molecule has 0 aliphatic heterocycles. The van der Waals surface area contributed by atoms with Crippen LogP contribution in [0.5, 0.6) is 0 Å². The number of nitrogens with one attached hydrogen (secondary N) is 1. The predicted octanol–water partition coefficient (Wildman–Crippen LogP) is 4.34. The summed E-state index contributed by atoms with van der Waals surface area (Å²) in [6.45, 7) is 3.96. The van der Waals surface area contributed by atoms with Crippen LogP contribution < -0.4 is 11.1 Å². The number of nitrogen functional groups attached to an aromatic ring is 1. The van der Waals surface area contributed by atoms with Gasteiger partial charge in [-0.3, -0.25) is 9.36 Å². The molecule has 1 atom stereocenters. The fraction of sp³-hybridized carbons (Fsp3) is 0.190. The second-order valence-corrected chi connectivity index (χ2v) is 7.18. The molecule has 0 bridgehead atoms. The number of amides is 1. The highest BCUT2D eigenvalue weighted by atomic mass is 35.5. The summed E-state index contributed by atoms with van der Waals surface area (Å²) in [6.07, 6.45) is 0.813. The second kappa shape index (κ2) is 7.13. The summed E-state index contributed by atoms with van der Waals surface area (Å²) in [5, 5.41) is 3.54. The Kier molecular flexibility index (Phi) is 4.65. The van der Waals surface area contributed by atoms with Crippen LogP contribution in [-0.4, -0.2) is 26.5 Å². The molecule has 6 nitrogen and oxygen atoms in total. The minimum atomic E-state index is -0.262. The van der Waals surface area contributed by atoms with E-state index in [1.807, 2.05) is 50.2 Å². The van der Waals surface area contributed by atoms with Gasteiger partial charge in [-0.05, 0) is 43.7 Å². The van der Waals surface area contributed by atoms with Crippen LogP contribution in [0.4, 0.5) is 5.82 Å². The molecule has 0 radical (unpaired) electrons. The van der Waals surface area contributed by atoms with Crippen LogP contribution in [0.2, 0.25) is 5.02 Å². The molecule has 3 N–H and O–H groups in total. The fourth-order valence-corrected chi connectivity index (χ4v) is 3.34. The lowest BCUT2D eigenvalue weighted by Crippen LogP contribution is -2.32. The molecule has 142 valence electrons. The van der Waals surface area contributed by atoms with Crippen molar-refractivity contribution in [1.82, 2.24) is 19.9 Å². The largest absolute Gasteiger partial charge is 0.384 e. The van der Waals surface area contributed by atoms with E-state index < -0.39 is 0 Å². The number of carbonyl (C=O) groups excluding carboxylic acids is 1. The van der Waals surface area contributed by atoms with Crippen molar-refractivity contribution >= 4 is 45.5 Å². The predicted molar refractivity (Wildman–Crippen MR) is 113 cm³/mol. The maximum atomic E-state index is 13.0. The Bertz CT molecular complexity index is 1200. The molecule has 0 saturated carbocycles. The lowest BCUT2D eigenvalue weighted by atomic mass is 10.2. The lowest BCUT2D eigenvalue weighted by molar-refractivity contribution is 0.0941. The maximum Gasteiger partial charge on any atom is 0.257 e. The van der Waals surface area contributed by atoms with Gasteiger partial charge in [0.1, 0.15) is 16.9 Å². The van der Waals surface area contributed by atoms with Gasteiger partial charge in [-0.2, -0.15) is 0 Å². The summed E-state index contributed by atoms with van der Waals surface area (Å²) in [5.74, 6) is 0.0237. The fourth-order valence-electron chi connectivity index (χ4n) is 3.16. The minimum absolute atomic E-state index is 0.0184. The van der Waals surface area contributed by atoms with Gasteiger partial charge in [-0.1, -0.05) is 36.7 Å². The summed E-state index contributed by atoms with van der Waals surface area (Å²) in [5.41, 5.74) is 9.93. The van der Waals surface area contributed by atoms with E-state index in [1.165, 1.54) is 0 Å². The summed E-state index contributed by atoms with van der Waals surface area (Å²) < 4.78 is 1.73. The van der Waals surface area contributed by atoms with Crippen LogP contribution >= 0.6 is 11.6 Å². The third-order valence-corrected chi connectivity index (χ3v) is 5.02. The van der Waals surface area contributed by atoms with Gasteiger partial charge in [0.2, 0.25) is 0 Å². The number of para-hydroxylation sites is 2. The molecule has 1 amide bonds. The zero-order valence-corrected chi connectivity index (χ0v) is 16.4. The molecule has 2 aromatic carbocycles. The Morgan fingerprint density at radius 2 is 1.89 bits per heavy atom. The number of hydrogen-bond acceptors (Lipinski definition) is 4. The SMILES string of the molecule is CC[C@@H](C)NC(=O)c1c(N)n(-c2cccc(Cl)c2)c2nc3ccccc3nc12. The van der Waals surface area contributed by atoms with Crippen LogP contribution in [0.15, 0.2) is 48.5 Å².